The summed E-state index contributed by atoms with van der Waals surface area (Å²) in [5.74, 6) is 0.663. The Balaban J connectivity index is 1.61. The molecule has 24 heavy (non-hydrogen) atoms. The van der Waals surface area contributed by atoms with Crippen molar-refractivity contribution in [3.8, 4) is 11.1 Å². The molecule has 0 aromatic heterocycles. The van der Waals surface area contributed by atoms with Crippen molar-refractivity contribution in [3.63, 3.8) is 0 Å². The zero-order valence-electron chi connectivity index (χ0n) is 14.3. The molecule has 1 fully saturated rings. The molecule has 0 radical (unpaired) electrons. The van der Waals surface area contributed by atoms with Crippen LogP contribution < -0.4 is 10.6 Å². The minimum absolute atomic E-state index is 0.0802. The van der Waals surface area contributed by atoms with Crippen LogP contribution in [0, 0.1) is 5.92 Å². The smallest absolute Gasteiger partial charge is 0.239 e. The number of amides is 1. The molecule has 2 atom stereocenters. The second-order valence-electron chi connectivity index (χ2n) is 6.70. The Labute approximate surface area is 144 Å². The number of nitrogens with one attached hydrogen (secondary N) is 2. The maximum atomic E-state index is 12.3. The van der Waals surface area contributed by atoms with Gasteiger partial charge in [-0.1, -0.05) is 68.3 Å². The lowest BCUT2D eigenvalue weighted by molar-refractivity contribution is -0.120. The second kappa shape index (κ2) is 8.00. The summed E-state index contributed by atoms with van der Waals surface area (Å²) in [5, 5.41) is 6.50. The predicted molar refractivity (Wildman–Crippen MR) is 99.9 cm³/mol. The highest BCUT2D eigenvalue weighted by atomic mass is 16.2. The molecule has 1 amide bonds. The lowest BCUT2D eigenvalue weighted by atomic mass is 9.86. The van der Waals surface area contributed by atoms with Gasteiger partial charge in [-0.15, -0.1) is 0 Å². The third-order valence-corrected chi connectivity index (χ3v) is 4.91. The fourth-order valence-corrected chi connectivity index (χ4v) is 3.47. The van der Waals surface area contributed by atoms with E-state index in [1.807, 2.05) is 36.4 Å². The van der Waals surface area contributed by atoms with Crippen molar-refractivity contribution >= 4 is 11.6 Å². The van der Waals surface area contributed by atoms with Gasteiger partial charge in [-0.3, -0.25) is 4.79 Å². The van der Waals surface area contributed by atoms with Crippen LogP contribution in [-0.2, 0) is 4.79 Å². The van der Waals surface area contributed by atoms with E-state index in [1.165, 1.54) is 19.3 Å². The molecule has 2 aromatic carbocycles. The summed E-state index contributed by atoms with van der Waals surface area (Å²) < 4.78 is 0. The third kappa shape index (κ3) is 4.16. The number of anilines is 1. The van der Waals surface area contributed by atoms with E-state index in [2.05, 4.69) is 35.8 Å². The minimum Gasteiger partial charge on any atom is -0.376 e. The summed E-state index contributed by atoms with van der Waals surface area (Å²) in [4.78, 5) is 12.3. The van der Waals surface area contributed by atoms with Crippen LogP contribution in [-0.4, -0.2) is 18.5 Å². The topological polar surface area (TPSA) is 41.1 Å². The van der Waals surface area contributed by atoms with Crippen LogP contribution in [0.2, 0.25) is 0 Å². The van der Waals surface area contributed by atoms with Gasteiger partial charge in [0.25, 0.3) is 0 Å². The van der Waals surface area contributed by atoms with Crippen molar-refractivity contribution in [2.75, 3.05) is 11.9 Å². The lowest BCUT2D eigenvalue weighted by Gasteiger charge is -2.29. The minimum atomic E-state index is 0.0802. The number of para-hydroxylation sites is 1. The first-order chi connectivity index (χ1) is 11.7. The fraction of sp³-hybridized carbons (Fsp3) is 0.381. The first kappa shape index (κ1) is 16.6. The molecule has 1 saturated carbocycles. The molecule has 1 aliphatic carbocycles. The monoisotopic (exact) mass is 322 g/mol. The van der Waals surface area contributed by atoms with E-state index in [1.54, 1.807) is 0 Å². The number of hydrogen-bond acceptors (Lipinski definition) is 2. The Hall–Kier alpha value is -2.29. The molecule has 0 aliphatic heterocycles. The maximum absolute atomic E-state index is 12.3. The first-order valence-corrected chi connectivity index (χ1v) is 8.92. The van der Waals surface area contributed by atoms with Crippen molar-refractivity contribution in [1.82, 2.24) is 5.32 Å². The van der Waals surface area contributed by atoms with Gasteiger partial charge in [-0.05, 0) is 30.4 Å². The maximum Gasteiger partial charge on any atom is 0.239 e. The fourth-order valence-electron chi connectivity index (χ4n) is 3.47. The zero-order chi connectivity index (χ0) is 16.8. The standard InChI is InChI=1S/C21H26N2O/c1-16-9-5-7-13-19(16)23-21(24)15-22-20-14-8-6-12-18(20)17-10-3-2-4-11-17/h2-4,6,8,10-12,14,16,19,22H,5,7,9,13,15H2,1H3,(H,23,24). The predicted octanol–water partition coefficient (Wildman–Crippen LogP) is 4.46. The molecule has 3 rings (SSSR count). The van der Waals surface area contributed by atoms with Crippen LogP contribution >= 0.6 is 0 Å². The molecule has 2 aromatic rings. The van der Waals surface area contributed by atoms with Gasteiger partial charge in [-0.25, -0.2) is 0 Å². The van der Waals surface area contributed by atoms with Gasteiger partial charge in [0.05, 0.1) is 6.54 Å². The normalized spacial score (nSPS) is 20.4. The summed E-state index contributed by atoms with van der Waals surface area (Å²) >= 11 is 0. The Morgan fingerprint density at radius 1 is 1.00 bits per heavy atom. The SMILES string of the molecule is CC1CCCCC1NC(=O)CNc1ccccc1-c1ccccc1. The van der Waals surface area contributed by atoms with Crippen molar-refractivity contribution in [1.29, 1.82) is 0 Å². The summed E-state index contributed by atoms with van der Waals surface area (Å²) in [6.45, 7) is 2.55. The average Bonchev–Trinajstić information content (AvgIpc) is 2.63. The molecule has 0 spiro atoms. The summed E-state index contributed by atoms with van der Waals surface area (Å²) in [6.07, 6.45) is 4.83. The van der Waals surface area contributed by atoms with Crippen LogP contribution in [0.3, 0.4) is 0 Å². The van der Waals surface area contributed by atoms with Crippen molar-refractivity contribution in [3.05, 3.63) is 54.6 Å². The van der Waals surface area contributed by atoms with Gasteiger partial charge in [0, 0.05) is 17.3 Å². The van der Waals surface area contributed by atoms with E-state index in [9.17, 15) is 4.79 Å². The van der Waals surface area contributed by atoms with E-state index in [-0.39, 0.29) is 5.91 Å². The van der Waals surface area contributed by atoms with Gasteiger partial charge in [-0.2, -0.15) is 0 Å². The van der Waals surface area contributed by atoms with Crippen molar-refractivity contribution in [2.24, 2.45) is 5.92 Å². The molecule has 2 unspecified atom stereocenters. The van der Waals surface area contributed by atoms with Gasteiger partial charge >= 0.3 is 0 Å². The Kier molecular flexibility index (Phi) is 5.52. The summed E-state index contributed by atoms with van der Waals surface area (Å²) in [7, 11) is 0. The Morgan fingerprint density at radius 3 is 2.50 bits per heavy atom. The van der Waals surface area contributed by atoms with E-state index < -0.39 is 0 Å². The molecule has 3 nitrogen and oxygen atoms in total. The Bertz CT molecular complexity index is 669. The summed E-state index contributed by atoms with van der Waals surface area (Å²) in [6, 6.07) is 18.7. The zero-order valence-corrected chi connectivity index (χ0v) is 14.3. The first-order valence-electron chi connectivity index (χ1n) is 8.92. The van der Waals surface area contributed by atoms with Crippen LogP contribution in [0.5, 0.6) is 0 Å². The highest BCUT2D eigenvalue weighted by Gasteiger charge is 2.22. The second-order valence-corrected chi connectivity index (χ2v) is 6.70. The number of benzene rings is 2. The van der Waals surface area contributed by atoms with Crippen LogP contribution in [0.25, 0.3) is 11.1 Å². The van der Waals surface area contributed by atoms with E-state index >= 15 is 0 Å². The highest BCUT2D eigenvalue weighted by molar-refractivity contribution is 5.84. The number of carbonyl (C=O) groups excluding carboxylic acids is 1. The molecular weight excluding hydrogens is 296 g/mol. The highest BCUT2D eigenvalue weighted by Crippen LogP contribution is 2.27. The van der Waals surface area contributed by atoms with Crippen LogP contribution in [0.1, 0.15) is 32.6 Å². The number of carbonyl (C=O) groups is 1. The van der Waals surface area contributed by atoms with Crippen molar-refractivity contribution in [2.45, 2.75) is 38.6 Å². The molecule has 3 heteroatoms. The molecule has 1 aliphatic rings. The van der Waals surface area contributed by atoms with Gasteiger partial charge < -0.3 is 10.6 Å². The number of hydrogen-bond donors (Lipinski definition) is 2. The number of rotatable bonds is 5. The molecule has 0 bridgehead atoms. The van der Waals surface area contributed by atoms with Gasteiger partial charge in [0.2, 0.25) is 5.91 Å². The Morgan fingerprint density at radius 2 is 1.71 bits per heavy atom. The van der Waals surface area contributed by atoms with Crippen LogP contribution in [0.4, 0.5) is 5.69 Å². The molecule has 0 heterocycles. The molecular formula is C21H26N2O. The van der Waals surface area contributed by atoms with E-state index in [0.717, 1.165) is 23.2 Å². The molecule has 2 N–H and O–H groups in total. The summed E-state index contributed by atoms with van der Waals surface area (Å²) in [5.41, 5.74) is 3.27. The largest absolute Gasteiger partial charge is 0.376 e. The van der Waals surface area contributed by atoms with Crippen molar-refractivity contribution < 1.29 is 4.79 Å². The third-order valence-electron chi connectivity index (χ3n) is 4.91. The lowest BCUT2D eigenvalue weighted by Crippen LogP contribution is -2.43. The van der Waals surface area contributed by atoms with Gasteiger partial charge in [0.15, 0.2) is 0 Å². The van der Waals surface area contributed by atoms with E-state index in [0.29, 0.717) is 18.5 Å². The average molecular weight is 322 g/mol. The molecule has 0 saturated heterocycles. The van der Waals surface area contributed by atoms with Crippen LogP contribution in [0.15, 0.2) is 54.6 Å². The molecule has 126 valence electrons. The van der Waals surface area contributed by atoms with Gasteiger partial charge in [0.1, 0.15) is 0 Å². The quantitative estimate of drug-likeness (QED) is 0.853. The van der Waals surface area contributed by atoms with E-state index in [4.69, 9.17) is 0 Å².